The molecule has 0 aliphatic carbocycles. The van der Waals surface area contributed by atoms with E-state index in [-0.39, 0.29) is 35.5 Å². The molecule has 1 aromatic carbocycles. The zero-order valence-electron chi connectivity index (χ0n) is 15.3. The summed E-state index contributed by atoms with van der Waals surface area (Å²) in [5.41, 5.74) is -0.681. The van der Waals surface area contributed by atoms with Crippen LogP contribution in [0, 0.1) is 0 Å². The highest BCUT2D eigenvalue weighted by molar-refractivity contribution is 5.91. The molecule has 0 saturated carbocycles. The normalized spacial score (nSPS) is 11.1. The van der Waals surface area contributed by atoms with Crippen molar-refractivity contribution >= 4 is 16.9 Å². The second kappa shape index (κ2) is 10.3. The zero-order chi connectivity index (χ0) is 19.6. The van der Waals surface area contributed by atoms with Gasteiger partial charge in [-0.05, 0) is 31.1 Å². The van der Waals surface area contributed by atoms with Gasteiger partial charge in [0, 0.05) is 0 Å². The number of fused-ring (bicyclic) bond motifs is 1. The fourth-order valence-corrected chi connectivity index (χ4v) is 2.53. The molecule has 0 unspecified atom stereocenters. The Kier molecular flexibility index (Phi) is 7.73. The smallest absolute Gasteiger partial charge is 0.383 e. The van der Waals surface area contributed by atoms with Gasteiger partial charge in [0.15, 0.2) is 5.75 Å². The molecule has 0 saturated heterocycles. The summed E-state index contributed by atoms with van der Waals surface area (Å²) in [6.07, 6.45) is 8.24. The number of unbranched alkanes of at least 4 members (excludes halogenated alkanes) is 4. The lowest BCUT2D eigenvalue weighted by Gasteiger charge is -2.10. The number of hydrogen-bond donors (Lipinski definition) is 2. The molecule has 7 heteroatoms. The summed E-state index contributed by atoms with van der Waals surface area (Å²) in [5.74, 6) is -1.52. The standard InChI is InChI=1S/C20H24O7/c1-2-3-4-5-6-7-12-26-19-18(23)17-14(25-13-11-16(21)22)9-8-10-15(17)27-20(19)24/h7-10,12,23H,2-6,11,13H2,1H3,(H,21,22)/b12-7+. The number of carbonyl (C=O) groups is 1. The maximum absolute atomic E-state index is 12.1. The molecule has 1 aromatic heterocycles. The van der Waals surface area contributed by atoms with E-state index < -0.39 is 17.3 Å². The van der Waals surface area contributed by atoms with E-state index in [9.17, 15) is 14.7 Å². The van der Waals surface area contributed by atoms with Crippen LogP contribution in [0.5, 0.6) is 17.2 Å². The molecule has 1 heterocycles. The summed E-state index contributed by atoms with van der Waals surface area (Å²) in [7, 11) is 0. The minimum absolute atomic E-state index is 0.0825. The molecular formula is C20H24O7. The third-order valence-corrected chi connectivity index (χ3v) is 3.91. The number of carboxylic acids is 1. The molecule has 2 N–H and O–H groups in total. The number of aliphatic carboxylic acids is 1. The van der Waals surface area contributed by atoms with Crippen LogP contribution < -0.4 is 15.1 Å². The predicted molar refractivity (Wildman–Crippen MR) is 100 cm³/mol. The quantitative estimate of drug-likeness (QED) is 0.344. The first-order valence-corrected chi connectivity index (χ1v) is 8.99. The fourth-order valence-electron chi connectivity index (χ4n) is 2.53. The Labute approximate surface area is 156 Å². The molecule has 0 aliphatic heterocycles. The van der Waals surface area contributed by atoms with E-state index in [2.05, 4.69) is 6.92 Å². The van der Waals surface area contributed by atoms with Crippen LogP contribution in [0.15, 0.2) is 39.7 Å². The van der Waals surface area contributed by atoms with Crippen molar-refractivity contribution in [3.8, 4) is 17.2 Å². The average Bonchev–Trinajstić information content (AvgIpc) is 2.62. The predicted octanol–water partition coefficient (Wildman–Crippen LogP) is 4.22. The molecule has 2 rings (SSSR count). The largest absolute Gasteiger partial charge is 0.503 e. The topological polar surface area (TPSA) is 106 Å². The Morgan fingerprint density at radius 2 is 2.07 bits per heavy atom. The van der Waals surface area contributed by atoms with Gasteiger partial charge in [0.1, 0.15) is 16.7 Å². The average molecular weight is 376 g/mol. The van der Waals surface area contributed by atoms with Gasteiger partial charge >= 0.3 is 11.6 Å². The van der Waals surface area contributed by atoms with Crippen LogP contribution >= 0.6 is 0 Å². The molecule has 0 aliphatic rings. The molecule has 0 radical (unpaired) electrons. The van der Waals surface area contributed by atoms with Crippen LogP contribution in [0.3, 0.4) is 0 Å². The van der Waals surface area contributed by atoms with Crippen molar-refractivity contribution in [2.24, 2.45) is 0 Å². The van der Waals surface area contributed by atoms with E-state index in [1.165, 1.54) is 18.7 Å². The molecule has 0 bridgehead atoms. The summed E-state index contributed by atoms with van der Waals surface area (Å²) in [6.45, 7) is 2.06. The highest BCUT2D eigenvalue weighted by Gasteiger charge is 2.18. The molecule has 0 fully saturated rings. The van der Waals surface area contributed by atoms with E-state index in [0.29, 0.717) is 0 Å². The summed E-state index contributed by atoms with van der Waals surface area (Å²) >= 11 is 0. The van der Waals surface area contributed by atoms with Gasteiger partial charge in [0.25, 0.3) is 5.75 Å². The Morgan fingerprint density at radius 3 is 2.81 bits per heavy atom. The molecule has 27 heavy (non-hydrogen) atoms. The molecule has 2 aromatic rings. The highest BCUT2D eigenvalue weighted by atomic mass is 16.5. The Morgan fingerprint density at radius 1 is 1.26 bits per heavy atom. The lowest BCUT2D eigenvalue weighted by Crippen LogP contribution is -2.07. The summed E-state index contributed by atoms with van der Waals surface area (Å²) in [4.78, 5) is 22.7. The monoisotopic (exact) mass is 376 g/mol. The number of rotatable bonds is 11. The lowest BCUT2D eigenvalue weighted by molar-refractivity contribution is -0.137. The Bertz CT molecular complexity index is 851. The lowest BCUT2D eigenvalue weighted by atomic mass is 10.1. The minimum Gasteiger partial charge on any atom is -0.503 e. The molecule has 0 atom stereocenters. The third-order valence-electron chi connectivity index (χ3n) is 3.91. The van der Waals surface area contributed by atoms with E-state index in [1.807, 2.05) is 0 Å². The summed E-state index contributed by atoms with van der Waals surface area (Å²) < 4.78 is 15.9. The number of allylic oxidation sites excluding steroid dienone is 1. The molecular weight excluding hydrogens is 352 g/mol. The second-order valence-corrected chi connectivity index (χ2v) is 6.03. The second-order valence-electron chi connectivity index (χ2n) is 6.03. The van der Waals surface area contributed by atoms with Crippen molar-refractivity contribution in [1.29, 1.82) is 0 Å². The molecule has 0 spiro atoms. The van der Waals surface area contributed by atoms with E-state index in [1.54, 1.807) is 18.2 Å². The number of carboxylic acid groups (broad SMARTS) is 1. The van der Waals surface area contributed by atoms with Gasteiger partial charge in [0.2, 0.25) is 0 Å². The van der Waals surface area contributed by atoms with Crippen LogP contribution in [0.2, 0.25) is 0 Å². The van der Waals surface area contributed by atoms with Gasteiger partial charge in [-0.15, -0.1) is 0 Å². The van der Waals surface area contributed by atoms with Crippen molar-refractivity contribution in [3.63, 3.8) is 0 Å². The zero-order valence-corrected chi connectivity index (χ0v) is 15.3. The van der Waals surface area contributed by atoms with Gasteiger partial charge in [-0.3, -0.25) is 4.79 Å². The van der Waals surface area contributed by atoms with E-state index in [4.69, 9.17) is 19.0 Å². The number of benzene rings is 1. The SMILES string of the molecule is CCCCCC/C=C/Oc1c(O)c2c(OCCC(=O)O)cccc2oc1=O. The maximum Gasteiger partial charge on any atom is 0.383 e. The van der Waals surface area contributed by atoms with Gasteiger partial charge in [-0.25, -0.2) is 4.79 Å². The fraction of sp³-hybridized carbons (Fsp3) is 0.400. The molecule has 146 valence electrons. The van der Waals surface area contributed by atoms with Gasteiger partial charge in [-0.2, -0.15) is 0 Å². The van der Waals surface area contributed by atoms with E-state index >= 15 is 0 Å². The highest BCUT2D eigenvalue weighted by Crippen LogP contribution is 2.37. The Balaban J connectivity index is 2.18. The molecule has 7 nitrogen and oxygen atoms in total. The van der Waals surface area contributed by atoms with Crippen LogP contribution in [0.1, 0.15) is 45.4 Å². The van der Waals surface area contributed by atoms with Gasteiger partial charge < -0.3 is 24.1 Å². The molecule has 0 amide bonds. The summed E-state index contributed by atoms with van der Waals surface area (Å²) in [6, 6.07) is 4.64. The van der Waals surface area contributed by atoms with Crippen LogP contribution in [-0.2, 0) is 4.79 Å². The van der Waals surface area contributed by atoms with Crippen molar-refractivity contribution in [2.45, 2.75) is 45.4 Å². The van der Waals surface area contributed by atoms with Gasteiger partial charge in [0.05, 0.1) is 19.3 Å². The number of aromatic hydroxyl groups is 1. The van der Waals surface area contributed by atoms with Crippen molar-refractivity contribution in [1.82, 2.24) is 0 Å². The van der Waals surface area contributed by atoms with Crippen molar-refractivity contribution in [3.05, 3.63) is 41.0 Å². The van der Waals surface area contributed by atoms with Crippen molar-refractivity contribution < 1.29 is 28.9 Å². The Hall–Kier alpha value is -2.96. The first-order valence-electron chi connectivity index (χ1n) is 8.99. The number of hydrogen-bond acceptors (Lipinski definition) is 6. The number of ether oxygens (including phenoxy) is 2. The van der Waals surface area contributed by atoms with Crippen LogP contribution in [-0.4, -0.2) is 22.8 Å². The van der Waals surface area contributed by atoms with Gasteiger partial charge in [-0.1, -0.05) is 32.3 Å². The first-order chi connectivity index (χ1) is 13.0. The van der Waals surface area contributed by atoms with Crippen molar-refractivity contribution in [2.75, 3.05) is 6.61 Å². The summed E-state index contributed by atoms with van der Waals surface area (Å²) in [5, 5.41) is 19.3. The minimum atomic E-state index is -1.00. The third kappa shape index (κ3) is 5.77. The van der Waals surface area contributed by atoms with E-state index in [0.717, 1.165) is 25.7 Å². The maximum atomic E-state index is 12.1. The first kappa shape index (κ1) is 20.4. The van der Waals surface area contributed by atoms with Crippen LogP contribution in [0.25, 0.3) is 11.0 Å². The van der Waals surface area contributed by atoms with Crippen LogP contribution in [0.4, 0.5) is 0 Å².